The first-order valence-corrected chi connectivity index (χ1v) is 7.46. The molecule has 1 amide bonds. The lowest BCUT2D eigenvalue weighted by molar-refractivity contribution is -0.153. The van der Waals surface area contributed by atoms with Crippen molar-refractivity contribution in [2.75, 3.05) is 13.2 Å². The molecule has 2 aliphatic carbocycles. The van der Waals surface area contributed by atoms with Gasteiger partial charge in [-0.05, 0) is 37.5 Å². The second-order valence-corrected chi connectivity index (χ2v) is 6.20. The maximum Gasteiger partial charge on any atom is 0.307 e. The number of hydrogen-bond acceptors (Lipinski definition) is 3. The molecule has 0 radical (unpaired) electrons. The monoisotopic (exact) mass is 279 g/mol. The van der Waals surface area contributed by atoms with E-state index < -0.39 is 17.8 Å². The number of nitrogens with zero attached hydrogens (tertiary/aromatic N) is 1. The average Bonchev–Trinajstić information content (AvgIpc) is 3.06. The quantitative estimate of drug-likeness (QED) is 0.752. The highest BCUT2D eigenvalue weighted by molar-refractivity contribution is 5.87. The zero-order valence-electron chi connectivity index (χ0n) is 11.4. The first-order chi connectivity index (χ1) is 9.63. The van der Waals surface area contributed by atoms with Crippen LogP contribution in [-0.4, -0.2) is 46.2 Å². The molecule has 5 nitrogen and oxygen atoms in total. The van der Waals surface area contributed by atoms with Gasteiger partial charge in [-0.25, -0.2) is 0 Å². The van der Waals surface area contributed by atoms with E-state index in [1.807, 2.05) is 12.2 Å². The second-order valence-electron chi connectivity index (χ2n) is 6.20. The first-order valence-electron chi connectivity index (χ1n) is 7.46. The van der Waals surface area contributed by atoms with E-state index in [1.54, 1.807) is 4.90 Å². The van der Waals surface area contributed by atoms with Gasteiger partial charge in [0.05, 0.1) is 24.5 Å². The van der Waals surface area contributed by atoms with E-state index >= 15 is 0 Å². The van der Waals surface area contributed by atoms with Crippen LogP contribution in [0.2, 0.25) is 0 Å². The smallest absolute Gasteiger partial charge is 0.307 e. The molecule has 5 atom stereocenters. The van der Waals surface area contributed by atoms with Gasteiger partial charge in [0.2, 0.25) is 5.91 Å². The predicted octanol–water partition coefficient (Wildman–Crippen LogP) is 0.883. The number of rotatable bonds is 3. The summed E-state index contributed by atoms with van der Waals surface area (Å²) >= 11 is 0. The van der Waals surface area contributed by atoms with Crippen LogP contribution in [0.5, 0.6) is 0 Å². The number of carboxylic acid groups (broad SMARTS) is 1. The number of aliphatic hydroxyl groups is 1. The van der Waals surface area contributed by atoms with E-state index in [-0.39, 0.29) is 30.4 Å². The lowest BCUT2D eigenvalue weighted by atomic mass is 9.81. The van der Waals surface area contributed by atoms with Crippen LogP contribution in [0.1, 0.15) is 25.7 Å². The van der Waals surface area contributed by atoms with Crippen LogP contribution in [0, 0.1) is 23.7 Å². The summed E-state index contributed by atoms with van der Waals surface area (Å²) in [5.41, 5.74) is 0. The summed E-state index contributed by atoms with van der Waals surface area (Å²) in [6.07, 6.45) is 7.52. The number of allylic oxidation sites excluding steroid dienone is 2. The van der Waals surface area contributed by atoms with Crippen LogP contribution in [0.15, 0.2) is 12.2 Å². The van der Waals surface area contributed by atoms with E-state index in [0.29, 0.717) is 6.54 Å². The molecule has 1 aliphatic heterocycles. The molecular formula is C15H21NO4. The van der Waals surface area contributed by atoms with Gasteiger partial charge in [0.25, 0.3) is 0 Å². The molecule has 2 bridgehead atoms. The summed E-state index contributed by atoms with van der Waals surface area (Å²) in [5, 5.41) is 18.9. The Balaban J connectivity index is 1.82. The van der Waals surface area contributed by atoms with Gasteiger partial charge in [-0.3, -0.25) is 9.59 Å². The summed E-state index contributed by atoms with van der Waals surface area (Å²) in [7, 11) is 0. The van der Waals surface area contributed by atoms with Crippen molar-refractivity contribution < 1.29 is 19.8 Å². The van der Waals surface area contributed by atoms with Gasteiger partial charge in [-0.2, -0.15) is 0 Å². The summed E-state index contributed by atoms with van der Waals surface area (Å²) < 4.78 is 0. The molecule has 3 aliphatic rings. The molecule has 2 N–H and O–H groups in total. The lowest BCUT2D eigenvalue weighted by Crippen LogP contribution is -2.50. The Hall–Kier alpha value is -1.36. The molecule has 1 saturated heterocycles. The molecule has 2 fully saturated rings. The number of amides is 1. The van der Waals surface area contributed by atoms with Crippen molar-refractivity contribution in [1.82, 2.24) is 4.90 Å². The Kier molecular flexibility index (Phi) is 3.54. The van der Waals surface area contributed by atoms with Crippen molar-refractivity contribution >= 4 is 11.9 Å². The number of carbonyl (C=O) groups is 2. The fourth-order valence-corrected chi connectivity index (χ4v) is 4.17. The number of carboxylic acids is 1. The Morgan fingerprint density at radius 1 is 1.15 bits per heavy atom. The zero-order chi connectivity index (χ0) is 14.3. The van der Waals surface area contributed by atoms with E-state index in [4.69, 9.17) is 0 Å². The predicted molar refractivity (Wildman–Crippen MR) is 71.8 cm³/mol. The zero-order valence-corrected chi connectivity index (χ0v) is 11.4. The number of likely N-dealkylation sites (tertiary alicyclic amines) is 1. The number of hydrogen-bond donors (Lipinski definition) is 2. The molecule has 110 valence electrons. The first kappa shape index (κ1) is 13.6. The maximum atomic E-state index is 12.8. The SMILES string of the molecule is O=C(O)C1C2C=CC(C2)C1C(=O)N1CCCCC1CO. The minimum atomic E-state index is -0.863. The average molecular weight is 279 g/mol. The van der Waals surface area contributed by atoms with Gasteiger partial charge < -0.3 is 15.1 Å². The number of aliphatic hydroxyl groups excluding tert-OH is 1. The van der Waals surface area contributed by atoms with Gasteiger partial charge in [0.1, 0.15) is 0 Å². The van der Waals surface area contributed by atoms with Crippen LogP contribution in [0.4, 0.5) is 0 Å². The largest absolute Gasteiger partial charge is 0.481 e. The summed E-state index contributed by atoms with van der Waals surface area (Å²) in [5.74, 6) is -1.88. The Bertz CT molecular complexity index is 447. The lowest BCUT2D eigenvalue weighted by Gasteiger charge is -2.38. The van der Waals surface area contributed by atoms with E-state index in [0.717, 1.165) is 25.7 Å². The standard InChI is InChI=1S/C15H21NO4/c17-8-11-3-1-2-6-16(11)14(18)12-9-4-5-10(7-9)13(12)15(19)20/h4-5,9-13,17H,1-3,6-8H2,(H,19,20). The third-order valence-corrected chi connectivity index (χ3v) is 5.15. The van der Waals surface area contributed by atoms with Gasteiger partial charge in [0.15, 0.2) is 0 Å². The van der Waals surface area contributed by atoms with Crippen molar-refractivity contribution in [3.63, 3.8) is 0 Å². The molecule has 0 aromatic heterocycles. The molecule has 5 unspecified atom stereocenters. The number of carbonyl (C=O) groups excluding carboxylic acids is 1. The molecule has 5 heteroatoms. The van der Waals surface area contributed by atoms with Crippen molar-refractivity contribution in [3.05, 3.63) is 12.2 Å². The van der Waals surface area contributed by atoms with E-state index in [1.165, 1.54) is 0 Å². The molecule has 0 aromatic rings. The normalized spacial score (nSPS) is 39.2. The molecule has 1 heterocycles. The highest BCUT2D eigenvalue weighted by atomic mass is 16.4. The van der Waals surface area contributed by atoms with E-state index in [2.05, 4.69) is 0 Å². The fraction of sp³-hybridized carbons (Fsp3) is 0.733. The van der Waals surface area contributed by atoms with Crippen LogP contribution >= 0.6 is 0 Å². The van der Waals surface area contributed by atoms with Gasteiger partial charge in [0, 0.05) is 6.54 Å². The highest BCUT2D eigenvalue weighted by Crippen LogP contribution is 2.49. The highest BCUT2D eigenvalue weighted by Gasteiger charge is 2.53. The minimum absolute atomic E-state index is 0.00353. The minimum Gasteiger partial charge on any atom is -0.481 e. The van der Waals surface area contributed by atoms with Gasteiger partial charge >= 0.3 is 5.97 Å². The second kappa shape index (κ2) is 5.20. The summed E-state index contributed by atoms with van der Waals surface area (Å²) in [6, 6.07) is -0.131. The molecule has 1 saturated carbocycles. The van der Waals surface area contributed by atoms with Crippen LogP contribution in [0.3, 0.4) is 0 Å². The van der Waals surface area contributed by atoms with Crippen LogP contribution in [0.25, 0.3) is 0 Å². The third kappa shape index (κ3) is 2.04. The van der Waals surface area contributed by atoms with Gasteiger partial charge in [-0.1, -0.05) is 12.2 Å². The Labute approximate surface area is 118 Å². The van der Waals surface area contributed by atoms with E-state index in [9.17, 15) is 19.8 Å². The Morgan fingerprint density at radius 2 is 1.85 bits per heavy atom. The van der Waals surface area contributed by atoms with Crippen molar-refractivity contribution in [2.24, 2.45) is 23.7 Å². The van der Waals surface area contributed by atoms with Gasteiger partial charge in [-0.15, -0.1) is 0 Å². The number of aliphatic carboxylic acids is 1. The molecule has 3 rings (SSSR count). The fourth-order valence-electron chi connectivity index (χ4n) is 4.17. The summed E-state index contributed by atoms with van der Waals surface area (Å²) in [6.45, 7) is 0.619. The molecule has 0 spiro atoms. The molecule has 20 heavy (non-hydrogen) atoms. The maximum absolute atomic E-state index is 12.8. The third-order valence-electron chi connectivity index (χ3n) is 5.15. The van der Waals surface area contributed by atoms with Crippen LogP contribution < -0.4 is 0 Å². The Morgan fingerprint density at radius 3 is 2.50 bits per heavy atom. The number of fused-ring (bicyclic) bond motifs is 2. The van der Waals surface area contributed by atoms with Crippen molar-refractivity contribution in [2.45, 2.75) is 31.7 Å². The van der Waals surface area contributed by atoms with Crippen molar-refractivity contribution in [1.29, 1.82) is 0 Å². The number of piperidine rings is 1. The van der Waals surface area contributed by atoms with Crippen LogP contribution in [-0.2, 0) is 9.59 Å². The van der Waals surface area contributed by atoms with Crippen molar-refractivity contribution in [3.8, 4) is 0 Å². The molecule has 0 aromatic carbocycles. The topological polar surface area (TPSA) is 77.8 Å². The molecular weight excluding hydrogens is 258 g/mol. The summed E-state index contributed by atoms with van der Waals surface area (Å²) in [4.78, 5) is 26.0.